The van der Waals surface area contributed by atoms with E-state index in [0.29, 0.717) is 41.8 Å². The zero-order chi connectivity index (χ0) is 16.6. The van der Waals surface area contributed by atoms with Gasteiger partial charge in [0.05, 0.1) is 12.2 Å². The maximum absolute atomic E-state index is 12.1. The number of carbonyl (C=O) groups excluding carboxylic acids is 1. The number of aliphatic hydroxyl groups excluding tert-OH is 2. The largest absolute Gasteiger partial charge is 0.393 e. The molecule has 0 aromatic rings. The van der Waals surface area contributed by atoms with E-state index in [-0.39, 0.29) is 23.0 Å². The molecule has 0 amide bonds. The van der Waals surface area contributed by atoms with Crippen molar-refractivity contribution in [2.24, 2.45) is 40.4 Å². The smallest absolute Gasteiger partial charge is 0.133 e. The Morgan fingerprint density at radius 3 is 2.52 bits per heavy atom. The van der Waals surface area contributed by atoms with Crippen LogP contribution in [0.3, 0.4) is 0 Å². The predicted octanol–water partition coefficient (Wildman–Crippen LogP) is 3.18. The summed E-state index contributed by atoms with van der Waals surface area (Å²) in [6.45, 7) is 6.92. The van der Waals surface area contributed by atoms with Crippen LogP contribution in [0.4, 0.5) is 0 Å². The quantitative estimate of drug-likeness (QED) is 0.721. The minimum absolute atomic E-state index is 0.000925. The van der Waals surface area contributed by atoms with Gasteiger partial charge in [-0.3, -0.25) is 4.79 Å². The van der Waals surface area contributed by atoms with Crippen molar-refractivity contribution in [3.8, 4) is 0 Å². The van der Waals surface area contributed by atoms with Crippen molar-refractivity contribution < 1.29 is 15.0 Å². The lowest BCUT2D eigenvalue weighted by molar-refractivity contribution is -0.185. The third-order valence-corrected chi connectivity index (χ3v) is 9.00. The molecular formula is C20H32O3. The van der Waals surface area contributed by atoms with E-state index in [2.05, 4.69) is 20.8 Å². The normalized spacial score (nSPS) is 59.2. The van der Waals surface area contributed by atoms with Crippen molar-refractivity contribution >= 4 is 5.78 Å². The van der Waals surface area contributed by atoms with Gasteiger partial charge in [-0.2, -0.15) is 0 Å². The Morgan fingerprint density at radius 2 is 1.78 bits per heavy atom. The summed E-state index contributed by atoms with van der Waals surface area (Å²) in [5.74, 6) is 2.46. The lowest BCUT2D eigenvalue weighted by Gasteiger charge is -2.63. The zero-order valence-corrected chi connectivity index (χ0v) is 14.8. The van der Waals surface area contributed by atoms with Crippen molar-refractivity contribution in [2.75, 3.05) is 0 Å². The number of aliphatic hydroxyl groups is 2. The van der Waals surface area contributed by atoms with E-state index in [4.69, 9.17) is 0 Å². The summed E-state index contributed by atoms with van der Waals surface area (Å²) in [6.07, 6.45) is 5.84. The molecule has 23 heavy (non-hydrogen) atoms. The van der Waals surface area contributed by atoms with Crippen LogP contribution in [0.5, 0.6) is 0 Å². The fourth-order valence-electron chi connectivity index (χ4n) is 7.43. The summed E-state index contributed by atoms with van der Waals surface area (Å²) in [5.41, 5.74) is 0.186. The first-order chi connectivity index (χ1) is 10.8. The summed E-state index contributed by atoms with van der Waals surface area (Å²) in [5, 5.41) is 21.5. The van der Waals surface area contributed by atoms with Gasteiger partial charge in [-0.1, -0.05) is 20.8 Å². The van der Waals surface area contributed by atoms with Crippen LogP contribution < -0.4 is 0 Å². The van der Waals surface area contributed by atoms with Gasteiger partial charge in [0.15, 0.2) is 0 Å². The average Bonchev–Trinajstić information content (AvgIpc) is 2.78. The summed E-state index contributed by atoms with van der Waals surface area (Å²) in [7, 11) is 0. The van der Waals surface area contributed by atoms with E-state index in [0.717, 1.165) is 38.5 Å². The molecule has 130 valence electrons. The van der Waals surface area contributed by atoms with Crippen LogP contribution >= 0.6 is 0 Å². The van der Waals surface area contributed by atoms with Crippen LogP contribution in [0.1, 0.15) is 65.7 Å². The van der Waals surface area contributed by atoms with Gasteiger partial charge < -0.3 is 10.2 Å². The molecule has 0 bridgehead atoms. The van der Waals surface area contributed by atoms with Crippen molar-refractivity contribution in [3.63, 3.8) is 0 Å². The topological polar surface area (TPSA) is 57.5 Å². The summed E-state index contributed by atoms with van der Waals surface area (Å²) < 4.78 is 0. The second kappa shape index (κ2) is 5.05. The van der Waals surface area contributed by atoms with Gasteiger partial charge in [0, 0.05) is 12.8 Å². The molecule has 0 heterocycles. The highest BCUT2D eigenvalue weighted by atomic mass is 16.3. The molecule has 3 nitrogen and oxygen atoms in total. The maximum atomic E-state index is 12.1. The molecule has 4 rings (SSSR count). The van der Waals surface area contributed by atoms with E-state index in [9.17, 15) is 15.0 Å². The number of fused-ring (bicyclic) bond motifs is 5. The van der Waals surface area contributed by atoms with Crippen molar-refractivity contribution in [1.29, 1.82) is 0 Å². The maximum Gasteiger partial charge on any atom is 0.133 e. The molecule has 4 aliphatic carbocycles. The number of hydrogen-bond acceptors (Lipinski definition) is 3. The van der Waals surface area contributed by atoms with Gasteiger partial charge in [0.2, 0.25) is 0 Å². The molecule has 4 aliphatic rings. The van der Waals surface area contributed by atoms with Gasteiger partial charge in [-0.05, 0) is 72.5 Å². The van der Waals surface area contributed by atoms with Crippen LogP contribution in [0.25, 0.3) is 0 Å². The van der Waals surface area contributed by atoms with E-state index < -0.39 is 0 Å². The third-order valence-electron chi connectivity index (χ3n) is 9.00. The first-order valence-corrected chi connectivity index (χ1v) is 9.66. The Labute approximate surface area is 139 Å². The molecule has 0 saturated heterocycles. The van der Waals surface area contributed by atoms with Crippen LogP contribution in [-0.4, -0.2) is 28.2 Å². The standard InChI is InChI=1S/C20H32O3/c1-11-8-13(21)9-12-10-16(22)18-14-4-5-17(23)19(14,2)7-6-15(18)20(11,12)3/h11-12,14-18,22-23H,4-10H2,1-3H3/t11-,12+,14-,15-,16+,17-,18-,19-,20-/m0/s1. The second-order valence-electron chi connectivity index (χ2n) is 9.64. The Kier molecular flexibility index (Phi) is 3.53. The molecule has 0 spiro atoms. The fraction of sp³-hybridized carbons (Fsp3) is 0.950. The summed E-state index contributed by atoms with van der Waals surface area (Å²) >= 11 is 0. The minimum atomic E-state index is -0.286. The first-order valence-electron chi connectivity index (χ1n) is 9.66. The first kappa shape index (κ1) is 16.1. The van der Waals surface area contributed by atoms with E-state index in [1.165, 1.54) is 0 Å². The van der Waals surface area contributed by atoms with Crippen LogP contribution in [0.2, 0.25) is 0 Å². The number of rotatable bonds is 0. The highest BCUT2D eigenvalue weighted by molar-refractivity contribution is 5.80. The number of Topliss-reactive ketones (excluding diaryl/α,β-unsaturated/α-hetero) is 1. The Morgan fingerprint density at radius 1 is 1.04 bits per heavy atom. The molecule has 3 heteroatoms. The van der Waals surface area contributed by atoms with Gasteiger partial charge in [-0.25, -0.2) is 0 Å². The molecule has 0 aliphatic heterocycles. The SMILES string of the molecule is C[C@H]1CC(=O)C[C@@H]2C[C@@H](O)[C@H]3[C@@H]4CC[C@H](O)[C@@]4(C)CC[C@@H]3[C@]21C. The highest BCUT2D eigenvalue weighted by Crippen LogP contribution is 2.66. The fourth-order valence-corrected chi connectivity index (χ4v) is 7.43. The van der Waals surface area contributed by atoms with Crippen LogP contribution in [0, 0.1) is 40.4 Å². The summed E-state index contributed by atoms with van der Waals surface area (Å²) in [6, 6.07) is 0. The van der Waals surface area contributed by atoms with Crippen molar-refractivity contribution in [2.45, 2.75) is 77.9 Å². The van der Waals surface area contributed by atoms with Gasteiger partial charge in [0.25, 0.3) is 0 Å². The molecule has 4 fully saturated rings. The lowest BCUT2D eigenvalue weighted by Crippen LogP contribution is -2.60. The van der Waals surface area contributed by atoms with Crippen LogP contribution in [-0.2, 0) is 4.79 Å². The van der Waals surface area contributed by atoms with Gasteiger partial charge >= 0.3 is 0 Å². The van der Waals surface area contributed by atoms with E-state index in [1.807, 2.05) is 0 Å². The molecule has 2 N–H and O–H groups in total. The molecule has 4 saturated carbocycles. The number of carbonyl (C=O) groups is 1. The Bertz CT molecular complexity index is 517. The molecule has 0 aromatic carbocycles. The molecule has 0 unspecified atom stereocenters. The predicted molar refractivity (Wildman–Crippen MR) is 88.7 cm³/mol. The molecular weight excluding hydrogens is 288 g/mol. The van der Waals surface area contributed by atoms with Crippen molar-refractivity contribution in [3.05, 3.63) is 0 Å². The highest BCUT2D eigenvalue weighted by Gasteiger charge is 2.63. The van der Waals surface area contributed by atoms with Crippen molar-refractivity contribution in [1.82, 2.24) is 0 Å². The lowest BCUT2D eigenvalue weighted by atomic mass is 9.42. The Hall–Kier alpha value is -0.410. The zero-order valence-electron chi connectivity index (χ0n) is 14.8. The summed E-state index contributed by atoms with van der Waals surface area (Å²) in [4.78, 5) is 12.1. The number of ketones is 1. The number of hydrogen-bond donors (Lipinski definition) is 2. The average molecular weight is 320 g/mol. The molecule has 0 aromatic heterocycles. The minimum Gasteiger partial charge on any atom is -0.393 e. The molecule has 0 radical (unpaired) electrons. The second-order valence-corrected chi connectivity index (χ2v) is 9.64. The van der Waals surface area contributed by atoms with E-state index in [1.54, 1.807) is 0 Å². The van der Waals surface area contributed by atoms with Crippen LogP contribution in [0.15, 0.2) is 0 Å². The van der Waals surface area contributed by atoms with E-state index >= 15 is 0 Å². The van der Waals surface area contributed by atoms with Gasteiger partial charge in [0.1, 0.15) is 5.78 Å². The van der Waals surface area contributed by atoms with Gasteiger partial charge in [-0.15, -0.1) is 0 Å². The Balaban J connectivity index is 1.72. The monoisotopic (exact) mass is 320 g/mol. The molecule has 9 atom stereocenters. The third kappa shape index (κ3) is 1.99.